The van der Waals surface area contributed by atoms with Gasteiger partial charge in [0.15, 0.2) is 11.6 Å². The van der Waals surface area contributed by atoms with Gasteiger partial charge in [0, 0.05) is 19.6 Å². The molecule has 1 heterocycles. The third kappa shape index (κ3) is 4.50. The summed E-state index contributed by atoms with van der Waals surface area (Å²) in [5.74, 6) is -0.807. The van der Waals surface area contributed by atoms with E-state index < -0.39 is 23.3 Å². The minimum atomic E-state index is -1.15. The van der Waals surface area contributed by atoms with Crippen molar-refractivity contribution in [3.63, 3.8) is 0 Å². The maximum atomic E-state index is 13.6. The Hall–Kier alpha value is -1.66. The highest BCUT2D eigenvalue weighted by molar-refractivity contribution is 5.76. The van der Waals surface area contributed by atoms with Crippen LogP contribution in [-0.4, -0.2) is 47.4 Å². The van der Waals surface area contributed by atoms with E-state index in [0.29, 0.717) is 31.8 Å². The van der Waals surface area contributed by atoms with Crippen molar-refractivity contribution < 1.29 is 24.1 Å². The van der Waals surface area contributed by atoms with Crippen LogP contribution in [0.1, 0.15) is 38.7 Å². The lowest BCUT2D eigenvalue weighted by Crippen LogP contribution is -2.55. The fourth-order valence-corrected chi connectivity index (χ4v) is 3.47. The molecule has 0 saturated carbocycles. The van der Waals surface area contributed by atoms with E-state index in [1.807, 2.05) is 18.7 Å². The molecule has 0 spiro atoms. The third-order valence-electron chi connectivity index (χ3n) is 5.08. The van der Waals surface area contributed by atoms with Crippen molar-refractivity contribution in [1.82, 2.24) is 4.90 Å². The van der Waals surface area contributed by atoms with Crippen LogP contribution in [0.3, 0.4) is 0 Å². The number of aliphatic carboxylic acids is 1. The van der Waals surface area contributed by atoms with Gasteiger partial charge in [-0.15, -0.1) is 0 Å². The summed E-state index contributed by atoms with van der Waals surface area (Å²) in [5.41, 5.74) is -0.287. The Labute approximate surface area is 148 Å². The second-order valence-corrected chi connectivity index (χ2v) is 7.38. The summed E-state index contributed by atoms with van der Waals surface area (Å²) >= 11 is 0. The van der Waals surface area contributed by atoms with Gasteiger partial charge in [0.25, 0.3) is 0 Å². The molecule has 5 nitrogen and oxygen atoms in total. The highest BCUT2D eigenvalue weighted by Crippen LogP contribution is 2.37. The molecule has 140 valence electrons. The maximum absolute atomic E-state index is 13.6. The lowest BCUT2D eigenvalue weighted by Gasteiger charge is -2.43. The van der Waals surface area contributed by atoms with E-state index in [9.17, 15) is 19.4 Å². The largest absolute Gasteiger partial charge is 0.494 e. The molecule has 1 aromatic carbocycles. The van der Waals surface area contributed by atoms with Crippen LogP contribution in [0.5, 0.6) is 5.75 Å². The summed E-state index contributed by atoms with van der Waals surface area (Å²) in [6.07, 6.45) is 0.775. The van der Waals surface area contributed by atoms with Gasteiger partial charge in [-0.2, -0.15) is 0 Å². The van der Waals surface area contributed by atoms with Gasteiger partial charge in [-0.3, -0.25) is 9.69 Å². The number of nitrogens with zero attached hydrogens (tertiary/aromatic N) is 1. The van der Waals surface area contributed by atoms with Gasteiger partial charge in [0.1, 0.15) is 5.41 Å². The zero-order valence-corrected chi connectivity index (χ0v) is 15.2. The summed E-state index contributed by atoms with van der Waals surface area (Å²) in [5, 5.41) is 20.2. The van der Waals surface area contributed by atoms with Crippen LogP contribution >= 0.6 is 0 Å². The van der Waals surface area contributed by atoms with E-state index in [0.717, 1.165) is 12.0 Å². The Morgan fingerprint density at radius 2 is 2.20 bits per heavy atom. The first kappa shape index (κ1) is 19.7. The van der Waals surface area contributed by atoms with Gasteiger partial charge >= 0.3 is 5.97 Å². The molecular formula is C19H28FNO4. The van der Waals surface area contributed by atoms with Crippen LogP contribution in [0.25, 0.3) is 0 Å². The Morgan fingerprint density at radius 1 is 1.48 bits per heavy atom. The van der Waals surface area contributed by atoms with Crippen molar-refractivity contribution >= 4 is 5.97 Å². The van der Waals surface area contributed by atoms with E-state index in [-0.39, 0.29) is 12.3 Å². The molecule has 1 fully saturated rings. The van der Waals surface area contributed by atoms with E-state index in [1.165, 1.54) is 13.2 Å². The molecule has 0 bridgehead atoms. The minimum Gasteiger partial charge on any atom is -0.494 e. The van der Waals surface area contributed by atoms with Crippen LogP contribution in [0.4, 0.5) is 4.39 Å². The first-order valence-corrected chi connectivity index (χ1v) is 8.74. The smallest absolute Gasteiger partial charge is 0.313 e. The monoisotopic (exact) mass is 353 g/mol. The number of rotatable bonds is 7. The maximum Gasteiger partial charge on any atom is 0.313 e. The predicted octanol–water partition coefficient (Wildman–Crippen LogP) is 2.91. The summed E-state index contributed by atoms with van der Waals surface area (Å²) < 4.78 is 18.6. The first-order chi connectivity index (χ1) is 11.8. The summed E-state index contributed by atoms with van der Waals surface area (Å²) in [6.45, 7) is 5.49. The fraction of sp³-hybridized carbons (Fsp3) is 0.632. The molecule has 25 heavy (non-hydrogen) atoms. The molecule has 2 N–H and O–H groups in total. The second-order valence-electron chi connectivity index (χ2n) is 7.38. The first-order valence-electron chi connectivity index (χ1n) is 8.74. The number of aliphatic hydroxyl groups excluding tert-OH is 1. The quantitative estimate of drug-likeness (QED) is 0.789. The van der Waals surface area contributed by atoms with Crippen molar-refractivity contribution in [3.05, 3.63) is 29.6 Å². The van der Waals surface area contributed by atoms with E-state index in [2.05, 4.69) is 0 Å². The molecule has 0 unspecified atom stereocenters. The second kappa shape index (κ2) is 8.15. The summed E-state index contributed by atoms with van der Waals surface area (Å²) in [7, 11) is 1.42. The molecule has 2 rings (SSSR count). The third-order valence-corrected chi connectivity index (χ3v) is 5.08. The molecule has 0 radical (unpaired) electrons. The summed E-state index contributed by atoms with van der Waals surface area (Å²) in [6, 6.07) is 4.67. The van der Waals surface area contributed by atoms with Gasteiger partial charge in [-0.05, 0) is 42.9 Å². The highest BCUT2D eigenvalue weighted by atomic mass is 19.1. The number of benzene rings is 1. The average molecular weight is 353 g/mol. The van der Waals surface area contributed by atoms with Gasteiger partial charge in [0.2, 0.25) is 0 Å². The number of aliphatic hydroxyl groups is 1. The number of likely N-dealkylation sites (tertiary alicyclic amines) is 1. The van der Waals surface area contributed by atoms with Gasteiger partial charge in [0.05, 0.1) is 13.2 Å². The van der Waals surface area contributed by atoms with Crippen molar-refractivity contribution in [2.24, 2.45) is 11.3 Å². The van der Waals surface area contributed by atoms with Crippen LogP contribution in [-0.2, 0) is 11.3 Å². The summed E-state index contributed by atoms with van der Waals surface area (Å²) in [4.78, 5) is 14.0. The van der Waals surface area contributed by atoms with Crippen LogP contribution < -0.4 is 4.74 Å². The lowest BCUT2D eigenvalue weighted by atomic mass is 9.72. The zero-order valence-electron chi connectivity index (χ0n) is 15.2. The topological polar surface area (TPSA) is 70.0 Å². The van der Waals surface area contributed by atoms with Crippen molar-refractivity contribution in [2.75, 3.05) is 20.2 Å². The van der Waals surface area contributed by atoms with Crippen LogP contribution in [0.15, 0.2) is 18.2 Å². The zero-order chi connectivity index (χ0) is 18.6. The average Bonchev–Trinajstić information content (AvgIpc) is 2.56. The molecule has 1 aliphatic heterocycles. The number of halogens is 1. The molecule has 0 aliphatic carbocycles. The molecule has 1 aliphatic rings. The number of ether oxygens (including phenoxy) is 1. The minimum absolute atomic E-state index is 0.179. The number of carboxylic acids is 1. The molecule has 1 aromatic rings. The Morgan fingerprint density at radius 3 is 2.80 bits per heavy atom. The van der Waals surface area contributed by atoms with Crippen molar-refractivity contribution in [3.8, 4) is 5.75 Å². The SMILES string of the molecule is COc1cc(CN2CC[C@H](O)[C@](CCC(C)C)(C(=O)O)C2)ccc1F. The molecule has 2 atom stereocenters. The Balaban J connectivity index is 2.16. The van der Waals surface area contributed by atoms with Gasteiger partial charge < -0.3 is 14.9 Å². The van der Waals surface area contributed by atoms with Crippen molar-refractivity contribution in [1.29, 1.82) is 0 Å². The highest BCUT2D eigenvalue weighted by Gasteiger charge is 2.48. The van der Waals surface area contributed by atoms with Crippen molar-refractivity contribution in [2.45, 2.75) is 45.8 Å². The number of methoxy groups -OCH3 is 1. The van der Waals surface area contributed by atoms with Crippen LogP contribution in [0, 0.1) is 17.2 Å². The Bertz CT molecular complexity index is 607. The predicted molar refractivity (Wildman–Crippen MR) is 93.0 cm³/mol. The van der Waals surface area contributed by atoms with E-state index in [4.69, 9.17) is 4.74 Å². The molecule has 1 saturated heterocycles. The van der Waals surface area contributed by atoms with Gasteiger partial charge in [-0.25, -0.2) is 4.39 Å². The van der Waals surface area contributed by atoms with Gasteiger partial charge in [-0.1, -0.05) is 19.9 Å². The Kier molecular flexibility index (Phi) is 6.41. The molecule has 0 aromatic heterocycles. The van der Waals surface area contributed by atoms with Crippen LogP contribution in [0.2, 0.25) is 0 Å². The normalized spacial score (nSPS) is 24.5. The number of hydrogen-bond acceptors (Lipinski definition) is 4. The fourth-order valence-electron chi connectivity index (χ4n) is 3.47. The standard InChI is InChI=1S/C19H28FNO4/c1-13(2)6-8-19(18(23)24)12-21(9-7-17(19)22)11-14-4-5-15(20)16(10-14)25-3/h4-5,10,13,17,22H,6-9,11-12H2,1-3H3,(H,23,24)/t17-,19+/m0/s1. The number of hydrogen-bond donors (Lipinski definition) is 2. The number of piperidine rings is 1. The molecule has 6 heteroatoms. The number of carboxylic acid groups (broad SMARTS) is 1. The van der Waals surface area contributed by atoms with E-state index in [1.54, 1.807) is 12.1 Å². The molecule has 0 amide bonds. The molecular weight excluding hydrogens is 325 g/mol. The lowest BCUT2D eigenvalue weighted by molar-refractivity contribution is -0.165. The number of carbonyl (C=O) groups is 1. The van der Waals surface area contributed by atoms with E-state index >= 15 is 0 Å².